The highest BCUT2D eigenvalue weighted by molar-refractivity contribution is 6.30. The summed E-state index contributed by atoms with van der Waals surface area (Å²) in [5.74, 6) is 0.481. The molecule has 0 amide bonds. The molecule has 20 heavy (non-hydrogen) atoms. The van der Waals surface area contributed by atoms with E-state index in [1.165, 1.54) is 37.7 Å². The molecule has 110 valence electrons. The highest BCUT2D eigenvalue weighted by Crippen LogP contribution is 2.35. The molecule has 3 unspecified atom stereocenters. The van der Waals surface area contributed by atoms with E-state index in [9.17, 15) is 5.11 Å². The van der Waals surface area contributed by atoms with E-state index >= 15 is 0 Å². The summed E-state index contributed by atoms with van der Waals surface area (Å²) in [4.78, 5) is 2.58. The van der Waals surface area contributed by atoms with Gasteiger partial charge in [0, 0.05) is 23.5 Å². The van der Waals surface area contributed by atoms with Gasteiger partial charge in [-0.2, -0.15) is 0 Å². The Balaban J connectivity index is 1.72. The molecule has 1 saturated heterocycles. The van der Waals surface area contributed by atoms with Crippen LogP contribution < -0.4 is 0 Å². The van der Waals surface area contributed by atoms with Gasteiger partial charge in [-0.15, -0.1) is 0 Å². The molecule has 1 aliphatic carbocycles. The molecule has 2 fully saturated rings. The molecule has 3 rings (SSSR count). The van der Waals surface area contributed by atoms with Gasteiger partial charge in [0.15, 0.2) is 0 Å². The number of aliphatic hydroxyl groups is 1. The molecule has 3 atom stereocenters. The van der Waals surface area contributed by atoms with E-state index < -0.39 is 0 Å². The average molecular weight is 294 g/mol. The van der Waals surface area contributed by atoms with Crippen LogP contribution in [0.25, 0.3) is 0 Å². The first-order chi connectivity index (χ1) is 9.74. The summed E-state index contributed by atoms with van der Waals surface area (Å²) >= 11 is 6.09. The van der Waals surface area contributed by atoms with Crippen LogP contribution in [0.15, 0.2) is 24.3 Å². The molecule has 0 aromatic heterocycles. The lowest BCUT2D eigenvalue weighted by Gasteiger charge is -2.40. The quantitative estimate of drug-likeness (QED) is 0.915. The van der Waals surface area contributed by atoms with Crippen LogP contribution in [0.4, 0.5) is 0 Å². The van der Waals surface area contributed by atoms with Crippen molar-refractivity contribution in [1.29, 1.82) is 0 Å². The minimum atomic E-state index is -0.0834. The maximum Gasteiger partial charge on any atom is 0.0583 e. The molecule has 1 aliphatic heterocycles. The van der Waals surface area contributed by atoms with Crippen LogP contribution in [0.5, 0.6) is 0 Å². The van der Waals surface area contributed by atoms with Crippen LogP contribution in [-0.2, 0) is 6.54 Å². The number of hydrogen-bond donors (Lipinski definition) is 1. The van der Waals surface area contributed by atoms with E-state index in [1.54, 1.807) is 0 Å². The van der Waals surface area contributed by atoms with Crippen molar-refractivity contribution in [3.05, 3.63) is 34.9 Å². The Labute approximate surface area is 126 Å². The fourth-order valence-corrected chi connectivity index (χ4v) is 4.20. The van der Waals surface area contributed by atoms with E-state index in [0.717, 1.165) is 24.5 Å². The van der Waals surface area contributed by atoms with Crippen LogP contribution in [-0.4, -0.2) is 28.7 Å². The third-order valence-corrected chi connectivity index (χ3v) is 5.20. The standard InChI is InChI=1S/C17H24ClNO/c18-14-6-3-5-13(11-14)12-19-10-2-1-8-16(19)15-7-4-9-17(15)20/h3,5-6,11,15-17,20H,1-2,4,7-10,12H2. The highest BCUT2D eigenvalue weighted by Gasteiger charge is 2.36. The molecule has 2 aliphatic rings. The number of nitrogens with zero attached hydrogens (tertiary/aromatic N) is 1. The molecule has 1 aromatic carbocycles. The van der Waals surface area contributed by atoms with Gasteiger partial charge in [0.2, 0.25) is 0 Å². The molecule has 0 bridgehead atoms. The predicted molar refractivity (Wildman–Crippen MR) is 82.8 cm³/mol. The second kappa shape index (κ2) is 6.46. The predicted octanol–water partition coefficient (Wildman–Crippen LogP) is 3.86. The van der Waals surface area contributed by atoms with Crippen LogP contribution in [0.1, 0.15) is 44.1 Å². The van der Waals surface area contributed by atoms with Crippen molar-refractivity contribution in [3.63, 3.8) is 0 Å². The molecular weight excluding hydrogens is 270 g/mol. The normalized spacial score (nSPS) is 31.6. The molecule has 2 nitrogen and oxygen atoms in total. The molecule has 3 heteroatoms. The van der Waals surface area contributed by atoms with Crippen molar-refractivity contribution in [2.24, 2.45) is 5.92 Å². The Kier molecular flexibility index (Phi) is 4.65. The molecule has 0 spiro atoms. The first-order valence-electron chi connectivity index (χ1n) is 7.90. The van der Waals surface area contributed by atoms with Crippen molar-refractivity contribution < 1.29 is 5.11 Å². The van der Waals surface area contributed by atoms with Gasteiger partial charge in [-0.3, -0.25) is 4.90 Å². The summed E-state index contributed by atoms with van der Waals surface area (Å²) in [5.41, 5.74) is 1.29. The summed E-state index contributed by atoms with van der Waals surface area (Å²) in [7, 11) is 0. The summed E-state index contributed by atoms with van der Waals surface area (Å²) in [6.45, 7) is 2.12. The Morgan fingerprint density at radius 2 is 2.05 bits per heavy atom. The summed E-state index contributed by atoms with van der Waals surface area (Å²) < 4.78 is 0. The van der Waals surface area contributed by atoms with Crippen molar-refractivity contribution in [2.45, 2.75) is 57.2 Å². The summed E-state index contributed by atoms with van der Waals surface area (Å²) in [5, 5.41) is 11.0. The molecular formula is C17H24ClNO. The topological polar surface area (TPSA) is 23.5 Å². The van der Waals surface area contributed by atoms with Crippen molar-refractivity contribution in [3.8, 4) is 0 Å². The Hall–Kier alpha value is -0.570. The minimum absolute atomic E-state index is 0.0834. The number of aliphatic hydroxyl groups excluding tert-OH is 1. The zero-order valence-electron chi connectivity index (χ0n) is 12.0. The number of rotatable bonds is 3. The molecule has 1 aromatic rings. The fraction of sp³-hybridized carbons (Fsp3) is 0.647. The lowest BCUT2D eigenvalue weighted by molar-refractivity contribution is 0.0313. The summed E-state index contributed by atoms with van der Waals surface area (Å²) in [6, 6.07) is 8.74. The van der Waals surface area contributed by atoms with Crippen LogP contribution in [0, 0.1) is 5.92 Å². The lowest BCUT2D eigenvalue weighted by atomic mass is 9.87. The van der Waals surface area contributed by atoms with E-state index in [2.05, 4.69) is 17.0 Å². The van der Waals surface area contributed by atoms with E-state index in [4.69, 9.17) is 11.6 Å². The number of hydrogen-bond acceptors (Lipinski definition) is 2. The van der Waals surface area contributed by atoms with Gasteiger partial charge in [0.05, 0.1) is 6.10 Å². The van der Waals surface area contributed by atoms with Crippen molar-refractivity contribution >= 4 is 11.6 Å². The van der Waals surface area contributed by atoms with Crippen molar-refractivity contribution in [1.82, 2.24) is 4.90 Å². The maximum atomic E-state index is 10.2. The third kappa shape index (κ3) is 3.19. The smallest absolute Gasteiger partial charge is 0.0583 e. The number of benzene rings is 1. The number of likely N-dealkylation sites (tertiary alicyclic amines) is 1. The minimum Gasteiger partial charge on any atom is -0.393 e. The monoisotopic (exact) mass is 293 g/mol. The van der Waals surface area contributed by atoms with E-state index in [0.29, 0.717) is 12.0 Å². The molecule has 1 N–H and O–H groups in total. The average Bonchev–Trinajstić information content (AvgIpc) is 2.86. The van der Waals surface area contributed by atoms with E-state index in [1.807, 2.05) is 12.1 Å². The zero-order valence-corrected chi connectivity index (χ0v) is 12.7. The van der Waals surface area contributed by atoms with Crippen molar-refractivity contribution in [2.75, 3.05) is 6.54 Å². The second-order valence-electron chi connectivity index (χ2n) is 6.33. The van der Waals surface area contributed by atoms with Crippen LogP contribution in [0.2, 0.25) is 5.02 Å². The van der Waals surface area contributed by atoms with E-state index in [-0.39, 0.29) is 6.10 Å². The van der Waals surface area contributed by atoms with Gasteiger partial charge in [-0.05, 0) is 49.9 Å². The fourth-order valence-electron chi connectivity index (χ4n) is 3.99. The largest absolute Gasteiger partial charge is 0.393 e. The Morgan fingerprint density at radius 3 is 2.80 bits per heavy atom. The van der Waals surface area contributed by atoms with Gasteiger partial charge >= 0.3 is 0 Å². The summed E-state index contributed by atoms with van der Waals surface area (Å²) in [6.07, 6.45) is 7.11. The van der Waals surface area contributed by atoms with Gasteiger partial charge in [0.25, 0.3) is 0 Å². The molecule has 1 heterocycles. The number of halogens is 1. The Morgan fingerprint density at radius 1 is 1.15 bits per heavy atom. The molecule has 0 radical (unpaired) electrons. The zero-order chi connectivity index (χ0) is 13.9. The third-order valence-electron chi connectivity index (χ3n) is 4.96. The van der Waals surface area contributed by atoms with Gasteiger partial charge < -0.3 is 5.11 Å². The molecule has 1 saturated carbocycles. The highest BCUT2D eigenvalue weighted by atomic mass is 35.5. The SMILES string of the molecule is OC1CCCC1C1CCCCN1Cc1cccc(Cl)c1. The van der Waals surface area contributed by atoms with Gasteiger partial charge in [-0.25, -0.2) is 0 Å². The van der Waals surface area contributed by atoms with Gasteiger partial charge in [0.1, 0.15) is 0 Å². The lowest BCUT2D eigenvalue weighted by Crippen LogP contribution is -2.45. The Bertz CT molecular complexity index is 450. The van der Waals surface area contributed by atoms with Crippen LogP contribution in [0.3, 0.4) is 0 Å². The first-order valence-corrected chi connectivity index (χ1v) is 8.28. The maximum absolute atomic E-state index is 10.2. The van der Waals surface area contributed by atoms with Gasteiger partial charge in [-0.1, -0.05) is 36.6 Å². The first kappa shape index (κ1) is 14.4. The number of piperidine rings is 1. The van der Waals surface area contributed by atoms with Crippen LogP contribution >= 0.6 is 11.6 Å². The second-order valence-corrected chi connectivity index (χ2v) is 6.76.